The van der Waals surface area contributed by atoms with Gasteiger partial charge in [-0.05, 0) is 30.2 Å². The van der Waals surface area contributed by atoms with Crippen LogP contribution in [0, 0.1) is 12.7 Å². The Balaban J connectivity index is 1.43. The highest BCUT2D eigenvalue weighted by Crippen LogP contribution is 2.27. The zero-order valence-electron chi connectivity index (χ0n) is 14.9. The van der Waals surface area contributed by atoms with Crippen LogP contribution in [0.25, 0.3) is 0 Å². The molecule has 1 aromatic heterocycles. The van der Waals surface area contributed by atoms with Crippen LogP contribution < -0.4 is 5.32 Å². The second-order valence-electron chi connectivity index (χ2n) is 6.59. The Morgan fingerprint density at radius 2 is 1.96 bits per heavy atom. The Kier molecular flexibility index (Phi) is 4.68. The van der Waals surface area contributed by atoms with Gasteiger partial charge in [-0.1, -0.05) is 47.2 Å². The Morgan fingerprint density at radius 1 is 1.22 bits per heavy atom. The van der Waals surface area contributed by atoms with Crippen LogP contribution in [0.5, 0.6) is 0 Å². The molecule has 1 N–H and O–H groups in total. The maximum atomic E-state index is 13.1. The molecule has 1 amide bonds. The third-order valence-electron chi connectivity index (χ3n) is 4.63. The van der Waals surface area contributed by atoms with Crippen molar-refractivity contribution in [3.8, 4) is 0 Å². The van der Waals surface area contributed by atoms with Gasteiger partial charge in [-0.3, -0.25) is 4.79 Å². The second-order valence-corrected chi connectivity index (χ2v) is 6.59. The number of amides is 1. The van der Waals surface area contributed by atoms with E-state index in [0.717, 1.165) is 11.1 Å². The molecule has 1 atom stereocenters. The number of aryl methyl sites for hydroxylation is 1. The third-order valence-corrected chi connectivity index (χ3v) is 4.63. The van der Waals surface area contributed by atoms with Gasteiger partial charge >= 0.3 is 0 Å². The minimum Gasteiger partial charge on any atom is -0.365 e. The van der Waals surface area contributed by atoms with Crippen LogP contribution in [0.15, 0.2) is 48.5 Å². The quantitative estimate of drug-likeness (QED) is 0.771. The van der Waals surface area contributed by atoms with Crippen molar-refractivity contribution in [2.75, 3.05) is 0 Å². The minimum absolute atomic E-state index is 0.225. The van der Waals surface area contributed by atoms with Gasteiger partial charge in [0.05, 0.1) is 18.8 Å². The Morgan fingerprint density at radius 3 is 2.70 bits per heavy atom. The molecule has 0 aliphatic carbocycles. The van der Waals surface area contributed by atoms with E-state index in [2.05, 4.69) is 15.6 Å². The first-order valence-electron chi connectivity index (χ1n) is 8.73. The molecule has 2 heterocycles. The molecule has 0 spiro atoms. The fourth-order valence-corrected chi connectivity index (χ4v) is 3.04. The van der Waals surface area contributed by atoms with Crippen molar-refractivity contribution in [3.63, 3.8) is 0 Å². The van der Waals surface area contributed by atoms with Gasteiger partial charge in [-0.2, -0.15) is 0 Å². The Labute approximate surface area is 156 Å². The average Bonchev–Trinajstić information content (AvgIpc) is 3.11. The summed E-state index contributed by atoms with van der Waals surface area (Å²) in [7, 11) is 0. The molecular formula is C20H19FN4O2. The number of nitrogens with zero attached hydrogens (tertiary/aromatic N) is 3. The second kappa shape index (κ2) is 7.28. The van der Waals surface area contributed by atoms with Crippen molar-refractivity contribution in [1.29, 1.82) is 0 Å². The van der Waals surface area contributed by atoms with Crippen molar-refractivity contribution >= 4 is 5.91 Å². The molecule has 7 heteroatoms. The van der Waals surface area contributed by atoms with E-state index < -0.39 is 0 Å². The summed E-state index contributed by atoms with van der Waals surface area (Å²) < 4.78 is 20.6. The van der Waals surface area contributed by atoms with Crippen LogP contribution in [-0.2, 0) is 24.4 Å². The van der Waals surface area contributed by atoms with E-state index in [4.69, 9.17) is 4.74 Å². The van der Waals surface area contributed by atoms with Gasteiger partial charge in [-0.25, -0.2) is 9.07 Å². The highest BCUT2D eigenvalue weighted by Gasteiger charge is 2.27. The van der Waals surface area contributed by atoms with Gasteiger partial charge in [0.1, 0.15) is 11.9 Å². The first kappa shape index (κ1) is 17.4. The SMILES string of the molecule is Cc1ccc(CNC(=O)c2nnn3c2CO[C@H](c2ccc(F)cc2)C3)cc1. The number of nitrogens with one attached hydrogen (secondary N) is 1. The number of benzene rings is 2. The number of ether oxygens (including phenoxy) is 1. The lowest BCUT2D eigenvalue weighted by molar-refractivity contribution is -0.00180. The zero-order valence-corrected chi connectivity index (χ0v) is 14.9. The van der Waals surface area contributed by atoms with Gasteiger partial charge in [0, 0.05) is 6.54 Å². The van der Waals surface area contributed by atoms with Crippen molar-refractivity contribution in [1.82, 2.24) is 20.3 Å². The van der Waals surface area contributed by atoms with E-state index in [1.54, 1.807) is 16.8 Å². The van der Waals surface area contributed by atoms with Gasteiger partial charge in [0.15, 0.2) is 5.69 Å². The monoisotopic (exact) mass is 366 g/mol. The number of halogens is 1. The first-order chi connectivity index (χ1) is 13.1. The summed E-state index contributed by atoms with van der Waals surface area (Å²) in [4.78, 5) is 12.5. The van der Waals surface area contributed by atoms with E-state index >= 15 is 0 Å². The van der Waals surface area contributed by atoms with E-state index in [9.17, 15) is 9.18 Å². The first-order valence-corrected chi connectivity index (χ1v) is 8.73. The lowest BCUT2D eigenvalue weighted by Crippen LogP contribution is -2.27. The van der Waals surface area contributed by atoms with Crippen LogP contribution in [0.1, 0.15) is 39.0 Å². The van der Waals surface area contributed by atoms with Gasteiger partial charge in [0.25, 0.3) is 5.91 Å². The zero-order chi connectivity index (χ0) is 18.8. The van der Waals surface area contributed by atoms with Crippen LogP contribution in [0.4, 0.5) is 4.39 Å². The molecule has 0 unspecified atom stereocenters. The highest BCUT2D eigenvalue weighted by molar-refractivity contribution is 5.93. The summed E-state index contributed by atoms with van der Waals surface area (Å²) in [6, 6.07) is 14.2. The van der Waals surface area contributed by atoms with E-state index in [1.807, 2.05) is 31.2 Å². The molecule has 1 aliphatic heterocycles. The molecule has 0 saturated carbocycles. The molecule has 0 saturated heterocycles. The molecule has 1 aliphatic rings. The average molecular weight is 366 g/mol. The molecule has 0 fully saturated rings. The van der Waals surface area contributed by atoms with Crippen LogP contribution >= 0.6 is 0 Å². The van der Waals surface area contributed by atoms with Crippen LogP contribution in [0.2, 0.25) is 0 Å². The number of rotatable bonds is 4. The van der Waals surface area contributed by atoms with E-state index in [-0.39, 0.29) is 30.1 Å². The number of carbonyl (C=O) groups excluding carboxylic acids is 1. The minimum atomic E-state index is -0.288. The molecule has 0 radical (unpaired) electrons. The summed E-state index contributed by atoms with van der Waals surface area (Å²) >= 11 is 0. The molecular weight excluding hydrogens is 347 g/mol. The third kappa shape index (κ3) is 3.73. The summed E-state index contributed by atoms with van der Waals surface area (Å²) in [5.41, 5.74) is 3.98. The Hall–Kier alpha value is -3.06. The summed E-state index contributed by atoms with van der Waals surface area (Å²) in [5.74, 6) is -0.566. The number of hydrogen-bond acceptors (Lipinski definition) is 4. The van der Waals surface area contributed by atoms with E-state index in [1.165, 1.54) is 17.7 Å². The molecule has 6 nitrogen and oxygen atoms in total. The summed E-state index contributed by atoms with van der Waals surface area (Å²) in [6.07, 6.45) is -0.247. The molecule has 27 heavy (non-hydrogen) atoms. The lowest BCUT2D eigenvalue weighted by Gasteiger charge is -2.24. The number of aromatic nitrogens is 3. The van der Waals surface area contributed by atoms with Crippen molar-refractivity contribution < 1.29 is 13.9 Å². The van der Waals surface area contributed by atoms with E-state index in [0.29, 0.717) is 18.8 Å². The highest BCUT2D eigenvalue weighted by atomic mass is 19.1. The van der Waals surface area contributed by atoms with Crippen molar-refractivity contribution in [2.24, 2.45) is 0 Å². The van der Waals surface area contributed by atoms with Gasteiger partial charge < -0.3 is 10.1 Å². The fourth-order valence-electron chi connectivity index (χ4n) is 3.04. The van der Waals surface area contributed by atoms with Gasteiger partial charge in [-0.15, -0.1) is 5.10 Å². The molecule has 4 rings (SSSR count). The maximum Gasteiger partial charge on any atom is 0.274 e. The largest absolute Gasteiger partial charge is 0.365 e. The van der Waals surface area contributed by atoms with Crippen molar-refractivity contribution in [3.05, 3.63) is 82.4 Å². The molecule has 3 aromatic rings. The summed E-state index contributed by atoms with van der Waals surface area (Å²) in [6.45, 7) is 3.09. The smallest absolute Gasteiger partial charge is 0.274 e. The van der Waals surface area contributed by atoms with Crippen LogP contribution in [0.3, 0.4) is 0 Å². The predicted molar refractivity (Wildman–Crippen MR) is 96.3 cm³/mol. The fraction of sp³-hybridized carbons (Fsp3) is 0.250. The lowest BCUT2D eigenvalue weighted by atomic mass is 10.1. The number of fused-ring (bicyclic) bond motifs is 1. The molecule has 138 valence electrons. The topological polar surface area (TPSA) is 69.0 Å². The Bertz CT molecular complexity index is 951. The summed E-state index contributed by atoms with van der Waals surface area (Å²) in [5, 5.41) is 11.0. The normalized spacial score (nSPS) is 16.0. The van der Waals surface area contributed by atoms with Crippen LogP contribution in [-0.4, -0.2) is 20.9 Å². The predicted octanol–water partition coefficient (Wildman–Crippen LogP) is 2.93. The standard InChI is InChI=1S/C20H19FN4O2/c1-13-2-4-14(5-3-13)10-22-20(26)19-17-12-27-18(11-25(17)24-23-19)15-6-8-16(21)9-7-15/h2-9,18H,10-12H2,1H3,(H,22,26)/t18-/m0/s1. The van der Waals surface area contributed by atoms with Gasteiger partial charge in [0.2, 0.25) is 0 Å². The number of hydrogen-bond donors (Lipinski definition) is 1. The maximum absolute atomic E-state index is 13.1. The molecule has 2 aromatic carbocycles. The molecule has 0 bridgehead atoms. The van der Waals surface area contributed by atoms with Crippen molar-refractivity contribution in [2.45, 2.75) is 32.7 Å². The number of carbonyl (C=O) groups is 1.